The van der Waals surface area contributed by atoms with Crippen LogP contribution in [0.25, 0.3) is 11.0 Å². The lowest BCUT2D eigenvalue weighted by Crippen LogP contribution is -2.44. The summed E-state index contributed by atoms with van der Waals surface area (Å²) >= 11 is 0. The van der Waals surface area contributed by atoms with Crippen molar-refractivity contribution in [3.05, 3.63) is 52.8 Å². The highest BCUT2D eigenvalue weighted by Gasteiger charge is 2.33. The van der Waals surface area contributed by atoms with Gasteiger partial charge in [0.2, 0.25) is 0 Å². The summed E-state index contributed by atoms with van der Waals surface area (Å²) in [4.78, 5) is 24.7. The molecule has 1 atom stereocenters. The van der Waals surface area contributed by atoms with Gasteiger partial charge in [-0.1, -0.05) is 6.58 Å². The molecule has 1 aromatic heterocycles. The van der Waals surface area contributed by atoms with Crippen LogP contribution in [0.2, 0.25) is 0 Å². The van der Waals surface area contributed by atoms with Crippen LogP contribution >= 0.6 is 0 Å². The number of aliphatic imine (C=N–C) groups is 1. The van der Waals surface area contributed by atoms with E-state index in [-0.39, 0.29) is 36.0 Å². The zero-order chi connectivity index (χ0) is 19.2. The van der Waals surface area contributed by atoms with Crippen molar-refractivity contribution < 1.29 is 19.4 Å². The zero-order valence-corrected chi connectivity index (χ0v) is 14.4. The SMILES string of the molecule is C=NC1=C(C(=C)F)[C@@H](C)N(C(=O)c2nc3c(F)cc(F)c(C)c3[nH]2)CC1.[HH]. The number of nitrogens with zero attached hydrogens (tertiary/aromatic N) is 3. The smallest absolute Gasteiger partial charge is 0.290 e. The van der Waals surface area contributed by atoms with Gasteiger partial charge < -0.3 is 9.88 Å². The molecule has 138 valence electrons. The Morgan fingerprint density at radius 1 is 1.46 bits per heavy atom. The maximum Gasteiger partial charge on any atom is 0.290 e. The van der Waals surface area contributed by atoms with Crippen LogP contribution in [0.4, 0.5) is 13.2 Å². The molecular weight excluding hydrogens is 345 g/mol. The summed E-state index contributed by atoms with van der Waals surface area (Å²) in [6.45, 7) is 10.1. The van der Waals surface area contributed by atoms with E-state index < -0.39 is 29.4 Å². The summed E-state index contributed by atoms with van der Waals surface area (Å²) < 4.78 is 41.5. The summed E-state index contributed by atoms with van der Waals surface area (Å²) in [5, 5.41) is 0. The molecule has 8 heteroatoms. The second kappa shape index (κ2) is 6.44. The van der Waals surface area contributed by atoms with Gasteiger partial charge in [0, 0.05) is 37.3 Å². The molecule has 3 rings (SSSR count). The van der Waals surface area contributed by atoms with E-state index in [9.17, 15) is 18.0 Å². The number of carbonyl (C=O) groups is 1. The fraction of sp³-hybridized carbons (Fsp3) is 0.278. The molecule has 2 heterocycles. The molecule has 2 aromatic rings. The van der Waals surface area contributed by atoms with Gasteiger partial charge in [0.1, 0.15) is 17.2 Å². The molecule has 26 heavy (non-hydrogen) atoms. The maximum atomic E-state index is 14.0. The third-order valence-electron chi connectivity index (χ3n) is 4.65. The van der Waals surface area contributed by atoms with Gasteiger partial charge in [0.05, 0.1) is 11.6 Å². The summed E-state index contributed by atoms with van der Waals surface area (Å²) in [6, 6.07) is 0.0804. The molecule has 0 saturated carbocycles. The van der Waals surface area contributed by atoms with Gasteiger partial charge in [0.25, 0.3) is 5.91 Å². The predicted octanol–water partition coefficient (Wildman–Crippen LogP) is 4.07. The lowest BCUT2D eigenvalue weighted by Gasteiger charge is -2.34. The van der Waals surface area contributed by atoms with Crippen LogP contribution < -0.4 is 0 Å². The highest BCUT2D eigenvalue weighted by Crippen LogP contribution is 2.31. The number of imidazole rings is 1. The zero-order valence-electron chi connectivity index (χ0n) is 14.4. The molecule has 5 nitrogen and oxygen atoms in total. The third-order valence-corrected chi connectivity index (χ3v) is 4.65. The van der Waals surface area contributed by atoms with Crippen molar-refractivity contribution in [2.75, 3.05) is 6.54 Å². The largest absolute Gasteiger partial charge is 0.333 e. The van der Waals surface area contributed by atoms with Crippen molar-refractivity contribution in [2.45, 2.75) is 26.3 Å². The van der Waals surface area contributed by atoms with E-state index in [4.69, 9.17) is 0 Å². The molecule has 1 N–H and O–H groups in total. The molecule has 1 aliphatic rings. The molecule has 1 aliphatic heterocycles. The summed E-state index contributed by atoms with van der Waals surface area (Å²) in [5.74, 6) is -2.97. The van der Waals surface area contributed by atoms with E-state index in [2.05, 4.69) is 28.3 Å². The van der Waals surface area contributed by atoms with Gasteiger partial charge in [-0.2, -0.15) is 0 Å². The van der Waals surface area contributed by atoms with Crippen molar-refractivity contribution in [1.29, 1.82) is 0 Å². The van der Waals surface area contributed by atoms with Crippen LogP contribution in [0, 0.1) is 18.6 Å². The number of nitrogens with one attached hydrogen (secondary N) is 1. The van der Waals surface area contributed by atoms with Gasteiger partial charge in [-0.05, 0) is 20.6 Å². The monoisotopic (exact) mass is 364 g/mol. The molecule has 0 saturated heterocycles. The first kappa shape index (κ1) is 17.9. The lowest BCUT2D eigenvalue weighted by molar-refractivity contribution is 0.0695. The molecule has 0 unspecified atom stereocenters. The Morgan fingerprint density at radius 3 is 2.77 bits per heavy atom. The predicted molar refractivity (Wildman–Crippen MR) is 94.8 cm³/mol. The number of hydrogen-bond donors (Lipinski definition) is 1. The number of amides is 1. The van der Waals surface area contributed by atoms with Crippen LogP contribution in [0.3, 0.4) is 0 Å². The molecule has 0 bridgehead atoms. The number of aromatic nitrogens is 2. The lowest BCUT2D eigenvalue weighted by atomic mass is 9.97. The molecule has 0 spiro atoms. The Labute approximate surface area is 149 Å². The first-order valence-corrected chi connectivity index (χ1v) is 7.96. The average molecular weight is 364 g/mol. The van der Waals surface area contributed by atoms with Gasteiger partial charge >= 0.3 is 0 Å². The number of halogens is 3. The van der Waals surface area contributed by atoms with Crippen LogP contribution in [0.15, 0.2) is 34.7 Å². The van der Waals surface area contributed by atoms with Crippen LogP contribution in [0.5, 0.6) is 0 Å². The minimum atomic E-state index is -0.860. The number of rotatable bonds is 3. The summed E-state index contributed by atoms with van der Waals surface area (Å²) in [6.07, 6.45) is 0.306. The third kappa shape index (κ3) is 2.71. The maximum absolute atomic E-state index is 14.0. The summed E-state index contributed by atoms with van der Waals surface area (Å²) in [5.41, 5.74) is 0.813. The van der Waals surface area contributed by atoms with E-state index in [0.717, 1.165) is 6.07 Å². The van der Waals surface area contributed by atoms with Crippen molar-refractivity contribution >= 4 is 23.7 Å². The van der Waals surface area contributed by atoms with E-state index in [1.807, 2.05) is 0 Å². The van der Waals surface area contributed by atoms with E-state index >= 15 is 0 Å². The van der Waals surface area contributed by atoms with Crippen LogP contribution in [-0.4, -0.2) is 40.1 Å². The highest BCUT2D eigenvalue weighted by molar-refractivity contribution is 5.95. The quantitative estimate of drug-likeness (QED) is 0.835. The Hall–Kier alpha value is -2.90. The highest BCUT2D eigenvalue weighted by atomic mass is 19.1. The Morgan fingerprint density at radius 2 is 2.15 bits per heavy atom. The van der Waals surface area contributed by atoms with Crippen LogP contribution in [0.1, 0.15) is 31.0 Å². The van der Waals surface area contributed by atoms with Crippen molar-refractivity contribution in [1.82, 2.24) is 14.9 Å². The molecule has 0 radical (unpaired) electrons. The van der Waals surface area contributed by atoms with Gasteiger partial charge in [0.15, 0.2) is 11.6 Å². The minimum Gasteiger partial charge on any atom is -0.333 e. The number of fused-ring (bicyclic) bond motifs is 1. The molecular formula is C18H19F3N4O. The molecule has 0 fully saturated rings. The number of aromatic amines is 1. The molecule has 0 aliphatic carbocycles. The topological polar surface area (TPSA) is 61.4 Å². The fourth-order valence-electron chi connectivity index (χ4n) is 3.24. The minimum absolute atomic E-state index is 0. The van der Waals surface area contributed by atoms with E-state index in [1.54, 1.807) is 6.92 Å². The van der Waals surface area contributed by atoms with Gasteiger partial charge in [-0.25, -0.2) is 18.2 Å². The fourth-order valence-corrected chi connectivity index (χ4v) is 3.24. The second-order valence-corrected chi connectivity index (χ2v) is 6.12. The van der Waals surface area contributed by atoms with Crippen molar-refractivity contribution in [2.24, 2.45) is 4.99 Å². The average Bonchev–Trinajstić information content (AvgIpc) is 3.04. The number of hydrogen-bond acceptors (Lipinski definition) is 3. The second-order valence-electron chi connectivity index (χ2n) is 6.12. The number of carbonyl (C=O) groups excluding carboxylic acids is 1. The van der Waals surface area contributed by atoms with Gasteiger partial charge in [-0.15, -0.1) is 0 Å². The Balaban J connectivity index is 0.00000261. The standard InChI is InChI=1S/C18H17F3N4O.H2/c1-8-11(20)7-12(21)16-15(8)23-17(24-16)18(26)25-6-5-13(22-4)14(9(2)19)10(25)3;/h7,10H,2,4-6H2,1,3H3,(H,23,24);1H/t10-;/m1./s1. The number of aryl methyl sites for hydroxylation is 1. The van der Waals surface area contributed by atoms with E-state index in [1.165, 1.54) is 11.8 Å². The Kier molecular flexibility index (Phi) is 4.43. The summed E-state index contributed by atoms with van der Waals surface area (Å²) in [7, 11) is 0. The van der Waals surface area contributed by atoms with Crippen LogP contribution in [-0.2, 0) is 0 Å². The van der Waals surface area contributed by atoms with Crippen molar-refractivity contribution in [3.63, 3.8) is 0 Å². The Bertz CT molecular complexity index is 983. The van der Waals surface area contributed by atoms with Crippen molar-refractivity contribution in [3.8, 4) is 0 Å². The van der Waals surface area contributed by atoms with Gasteiger partial charge in [-0.3, -0.25) is 9.79 Å². The first-order valence-electron chi connectivity index (χ1n) is 7.96. The number of benzene rings is 1. The molecule has 1 aromatic carbocycles. The number of H-pyrrole nitrogens is 1. The normalized spacial score (nSPS) is 17.7. The van der Waals surface area contributed by atoms with E-state index in [0.29, 0.717) is 12.1 Å². The first-order chi connectivity index (χ1) is 12.3. The molecule has 1 amide bonds.